The molecule has 0 radical (unpaired) electrons. The van der Waals surface area contributed by atoms with E-state index in [1.165, 1.54) is 0 Å². The number of nitrogens with zero attached hydrogens (tertiary/aromatic N) is 3. The van der Waals surface area contributed by atoms with Gasteiger partial charge in [0, 0.05) is 38.8 Å². The fourth-order valence-electron chi connectivity index (χ4n) is 2.18. The van der Waals surface area contributed by atoms with Crippen LogP contribution >= 0.6 is 0 Å². The third-order valence-electron chi connectivity index (χ3n) is 3.11. The second-order valence-electron chi connectivity index (χ2n) is 4.66. The number of nitrogens with one attached hydrogen (secondary N) is 1. The van der Waals surface area contributed by atoms with Crippen LogP contribution < -0.4 is 10.9 Å². The summed E-state index contributed by atoms with van der Waals surface area (Å²) in [5, 5.41) is 7.62. The molecule has 0 saturated carbocycles. The highest BCUT2D eigenvalue weighted by atomic mass is 16.1. The van der Waals surface area contributed by atoms with E-state index in [1.807, 2.05) is 6.92 Å². The van der Waals surface area contributed by atoms with Crippen LogP contribution in [0.4, 0.5) is 0 Å². The molecule has 1 atom stereocenters. The maximum Gasteiger partial charge on any atom is 0.267 e. The van der Waals surface area contributed by atoms with Gasteiger partial charge in [-0.15, -0.1) is 0 Å². The van der Waals surface area contributed by atoms with Gasteiger partial charge >= 0.3 is 0 Å². The van der Waals surface area contributed by atoms with Gasteiger partial charge in [0.15, 0.2) is 0 Å². The molecule has 5 heteroatoms. The normalized spacial score (nSPS) is 19.2. The summed E-state index contributed by atoms with van der Waals surface area (Å²) in [6, 6.07) is 3.48. The van der Waals surface area contributed by atoms with E-state index in [1.54, 1.807) is 16.8 Å². The molecule has 1 fully saturated rings. The predicted molar refractivity (Wildman–Crippen MR) is 67.3 cm³/mol. The van der Waals surface area contributed by atoms with Crippen molar-refractivity contribution in [1.29, 1.82) is 0 Å². The molecule has 1 aliphatic rings. The van der Waals surface area contributed by atoms with E-state index >= 15 is 0 Å². The van der Waals surface area contributed by atoms with Gasteiger partial charge < -0.3 is 5.32 Å². The van der Waals surface area contributed by atoms with Crippen molar-refractivity contribution in [3.05, 3.63) is 28.2 Å². The number of piperazine rings is 1. The molecule has 0 bridgehead atoms. The number of rotatable bonds is 3. The highest BCUT2D eigenvalue weighted by Gasteiger charge is 2.15. The molecule has 1 aliphatic heterocycles. The average molecular weight is 236 g/mol. The first kappa shape index (κ1) is 12.3. The Kier molecular flexibility index (Phi) is 3.91. The molecule has 1 N–H and O–H groups in total. The summed E-state index contributed by atoms with van der Waals surface area (Å²) >= 11 is 0. The van der Waals surface area contributed by atoms with Crippen molar-refractivity contribution in [2.24, 2.45) is 0 Å². The van der Waals surface area contributed by atoms with Gasteiger partial charge in [-0.2, -0.15) is 5.10 Å². The van der Waals surface area contributed by atoms with Crippen LogP contribution in [0.25, 0.3) is 0 Å². The Morgan fingerprint density at radius 2 is 2.12 bits per heavy atom. The van der Waals surface area contributed by atoms with E-state index in [9.17, 15) is 4.79 Å². The maximum absolute atomic E-state index is 11.7. The van der Waals surface area contributed by atoms with Gasteiger partial charge in [-0.25, -0.2) is 4.68 Å². The van der Waals surface area contributed by atoms with Gasteiger partial charge in [0.2, 0.25) is 0 Å². The van der Waals surface area contributed by atoms with Crippen LogP contribution in [0.5, 0.6) is 0 Å². The Bertz CT molecular complexity index is 423. The first-order valence-electron chi connectivity index (χ1n) is 6.16. The topological polar surface area (TPSA) is 50.2 Å². The smallest absolute Gasteiger partial charge is 0.267 e. The zero-order valence-electron chi connectivity index (χ0n) is 10.5. The molecule has 1 aromatic heterocycles. The highest BCUT2D eigenvalue weighted by Crippen LogP contribution is 2.05. The Morgan fingerprint density at radius 3 is 2.82 bits per heavy atom. The monoisotopic (exact) mass is 236 g/mol. The lowest BCUT2D eigenvalue weighted by Gasteiger charge is -2.29. The minimum Gasteiger partial charge on any atom is -0.314 e. The van der Waals surface area contributed by atoms with Crippen LogP contribution in [0.3, 0.4) is 0 Å². The number of hydrogen-bond acceptors (Lipinski definition) is 4. The highest BCUT2D eigenvalue weighted by molar-refractivity contribution is 4.98. The minimum atomic E-state index is -0.0155. The summed E-state index contributed by atoms with van der Waals surface area (Å²) < 4.78 is 1.59. The Hall–Kier alpha value is -1.20. The molecule has 17 heavy (non-hydrogen) atoms. The number of aryl methyl sites for hydroxylation is 1. The van der Waals surface area contributed by atoms with Crippen LogP contribution in [0.2, 0.25) is 0 Å². The molecule has 1 unspecified atom stereocenters. The lowest BCUT2D eigenvalue weighted by atomic mass is 10.2. The first-order chi connectivity index (χ1) is 8.16. The quantitative estimate of drug-likeness (QED) is 0.804. The number of hydrogen-bond donors (Lipinski definition) is 1. The summed E-state index contributed by atoms with van der Waals surface area (Å²) in [4.78, 5) is 14.1. The summed E-state index contributed by atoms with van der Waals surface area (Å²) in [5.74, 6) is 0. The lowest BCUT2D eigenvalue weighted by molar-refractivity contribution is 0.204. The average Bonchev–Trinajstić information content (AvgIpc) is 2.33. The van der Waals surface area contributed by atoms with Crippen molar-refractivity contribution in [2.75, 3.05) is 32.7 Å². The molecule has 1 saturated heterocycles. The molecule has 2 heterocycles. The van der Waals surface area contributed by atoms with Gasteiger partial charge in [-0.05, 0) is 19.9 Å². The lowest BCUT2D eigenvalue weighted by Crippen LogP contribution is -2.46. The van der Waals surface area contributed by atoms with E-state index in [4.69, 9.17) is 0 Å². The second kappa shape index (κ2) is 5.42. The molecule has 0 aliphatic carbocycles. The summed E-state index contributed by atoms with van der Waals surface area (Å²) in [5.41, 5.74) is 0.870. The minimum absolute atomic E-state index is 0.0155. The fraction of sp³-hybridized carbons (Fsp3) is 0.667. The number of aromatic nitrogens is 2. The molecule has 0 spiro atoms. The zero-order chi connectivity index (χ0) is 12.3. The third kappa shape index (κ3) is 3.14. The van der Waals surface area contributed by atoms with Crippen molar-refractivity contribution >= 4 is 0 Å². The Balaban J connectivity index is 2.05. The summed E-state index contributed by atoms with van der Waals surface area (Å²) in [7, 11) is 0. The molecule has 0 aromatic carbocycles. The van der Waals surface area contributed by atoms with E-state index in [2.05, 4.69) is 22.2 Å². The van der Waals surface area contributed by atoms with Crippen molar-refractivity contribution in [2.45, 2.75) is 19.9 Å². The SMILES string of the molecule is Cc1ccc(=O)n(C(C)CN2CCNCC2)n1. The van der Waals surface area contributed by atoms with Crippen LogP contribution in [0.1, 0.15) is 18.7 Å². The molecule has 94 valence electrons. The van der Waals surface area contributed by atoms with E-state index in [0.29, 0.717) is 0 Å². The van der Waals surface area contributed by atoms with E-state index in [-0.39, 0.29) is 11.6 Å². The largest absolute Gasteiger partial charge is 0.314 e. The van der Waals surface area contributed by atoms with Crippen molar-refractivity contribution in [1.82, 2.24) is 20.0 Å². The van der Waals surface area contributed by atoms with Gasteiger partial charge in [0.1, 0.15) is 0 Å². The first-order valence-corrected chi connectivity index (χ1v) is 6.16. The molecular formula is C12H20N4O. The Labute approximate surface area is 101 Å². The van der Waals surface area contributed by atoms with Gasteiger partial charge in [0.25, 0.3) is 5.56 Å². The van der Waals surface area contributed by atoms with Gasteiger partial charge in [-0.1, -0.05) is 0 Å². The standard InChI is InChI=1S/C12H20N4O/c1-10-3-4-12(17)16(14-10)11(2)9-15-7-5-13-6-8-15/h3-4,11,13H,5-9H2,1-2H3. The molecule has 5 nitrogen and oxygen atoms in total. The molecule has 0 amide bonds. The van der Waals surface area contributed by atoms with Crippen molar-refractivity contribution in [3.8, 4) is 0 Å². The van der Waals surface area contributed by atoms with Crippen LogP contribution in [-0.2, 0) is 0 Å². The fourth-order valence-corrected chi connectivity index (χ4v) is 2.18. The van der Waals surface area contributed by atoms with Gasteiger partial charge in [0.05, 0.1) is 11.7 Å². The van der Waals surface area contributed by atoms with Crippen LogP contribution in [0.15, 0.2) is 16.9 Å². The van der Waals surface area contributed by atoms with Crippen LogP contribution in [0, 0.1) is 6.92 Å². The van der Waals surface area contributed by atoms with Crippen molar-refractivity contribution in [3.63, 3.8) is 0 Å². The summed E-state index contributed by atoms with van der Waals surface area (Å²) in [6.45, 7) is 9.00. The molecular weight excluding hydrogens is 216 g/mol. The molecule has 1 aromatic rings. The molecule has 2 rings (SSSR count). The maximum atomic E-state index is 11.7. The summed E-state index contributed by atoms with van der Waals surface area (Å²) in [6.07, 6.45) is 0. The Morgan fingerprint density at radius 1 is 1.41 bits per heavy atom. The van der Waals surface area contributed by atoms with E-state index < -0.39 is 0 Å². The van der Waals surface area contributed by atoms with E-state index in [0.717, 1.165) is 38.4 Å². The zero-order valence-corrected chi connectivity index (χ0v) is 10.5. The third-order valence-corrected chi connectivity index (χ3v) is 3.11. The van der Waals surface area contributed by atoms with Gasteiger partial charge in [-0.3, -0.25) is 9.69 Å². The second-order valence-corrected chi connectivity index (χ2v) is 4.66. The predicted octanol–water partition coefficient (Wildman–Crippen LogP) is 0.0179. The van der Waals surface area contributed by atoms with Crippen molar-refractivity contribution < 1.29 is 0 Å². The van der Waals surface area contributed by atoms with Crippen LogP contribution in [-0.4, -0.2) is 47.4 Å².